The average molecular weight is 243 g/mol. The third-order valence-electron chi connectivity index (χ3n) is 3.82. The minimum absolute atomic E-state index is 0.193. The molecular weight excluding hydrogens is 222 g/mol. The number of nitrogens with zero attached hydrogens (tertiary/aromatic N) is 1. The van der Waals surface area contributed by atoms with Crippen molar-refractivity contribution in [3.05, 3.63) is 0 Å². The highest BCUT2D eigenvalue weighted by atomic mass is 32.1. The van der Waals surface area contributed by atoms with Crippen LogP contribution in [0.3, 0.4) is 0 Å². The highest BCUT2D eigenvalue weighted by molar-refractivity contribution is 7.80. The van der Waals surface area contributed by atoms with Crippen molar-refractivity contribution in [2.24, 2.45) is 5.92 Å². The smallest absolute Gasteiger partial charge is 0.223 e. The van der Waals surface area contributed by atoms with Gasteiger partial charge in [0.25, 0.3) is 0 Å². The summed E-state index contributed by atoms with van der Waals surface area (Å²) in [7, 11) is 0. The Morgan fingerprint density at radius 3 is 2.62 bits per heavy atom. The molecule has 2 fully saturated rings. The zero-order chi connectivity index (χ0) is 11.6. The summed E-state index contributed by atoms with van der Waals surface area (Å²) < 4.78 is 0. The average Bonchev–Trinajstić information content (AvgIpc) is 2.60. The van der Waals surface area contributed by atoms with Crippen LogP contribution in [0.1, 0.15) is 38.5 Å². The van der Waals surface area contributed by atoms with Gasteiger partial charge < -0.3 is 10.0 Å². The number of rotatable bonds is 3. The molecule has 1 amide bonds. The molecule has 1 atom stereocenters. The first kappa shape index (κ1) is 12.2. The van der Waals surface area contributed by atoms with Gasteiger partial charge in [-0.3, -0.25) is 4.79 Å². The predicted molar refractivity (Wildman–Crippen MR) is 66.6 cm³/mol. The number of aliphatic hydroxyl groups is 1. The number of thiol groups is 1. The molecule has 0 aromatic heterocycles. The van der Waals surface area contributed by atoms with Gasteiger partial charge in [0, 0.05) is 19.5 Å². The van der Waals surface area contributed by atoms with Gasteiger partial charge in [-0.25, -0.2) is 0 Å². The normalized spacial score (nSPS) is 29.8. The van der Waals surface area contributed by atoms with Crippen LogP contribution < -0.4 is 0 Å². The maximum absolute atomic E-state index is 11.7. The highest BCUT2D eigenvalue weighted by Gasteiger charge is 2.36. The van der Waals surface area contributed by atoms with Crippen LogP contribution in [0.25, 0.3) is 0 Å². The molecule has 1 saturated carbocycles. The number of amides is 1. The van der Waals surface area contributed by atoms with Crippen molar-refractivity contribution in [2.75, 3.05) is 18.8 Å². The van der Waals surface area contributed by atoms with Gasteiger partial charge >= 0.3 is 0 Å². The molecule has 1 heterocycles. The molecule has 16 heavy (non-hydrogen) atoms. The van der Waals surface area contributed by atoms with Crippen molar-refractivity contribution in [1.29, 1.82) is 0 Å². The first-order valence-corrected chi connectivity index (χ1v) is 6.87. The number of likely N-dealkylation sites (tertiary alicyclic amines) is 1. The molecule has 1 aliphatic heterocycles. The molecule has 1 aliphatic carbocycles. The first-order valence-electron chi connectivity index (χ1n) is 6.24. The Morgan fingerprint density at radius 2 is 2.06 bits per heavy atom. The summed E-state index contributed by atoms with van der Waals surface area (Å²) in [6, 6.07) is 0. The number of carbonyl (C=O) groups is 1. The number of β-amino-alcohol motifs (C(OH)–C–C–N with tert-alkyl or cyclic N) is 1. The van der Waals surface area contributed by atoms with Gasteiger partial charge in [-0.05, 0) is 24.5 Å². The largest absolute Gasteiger partial charge is 0.388 e. The molecule has 2 aliphatic rings. The van der Waals surface area contributed by atoms with Crippen LogP contribution in [-0.4, -0.2) is 40.4 Å². The maximum Gasteiger partial charge on any atom is 0.223 e. The van der Waals surface area contributed by atoms with Crippen LogP contribution in [-0.2, 0) is 4.79 Å². The van der Waals surface area contributed by atoms with Crippen molar-refractivity contribution < 1.29 is 9.90 Å². The Labute approximate surface area is 103 Å². The van der Waals surface area contributed by atoms with Crippen LogP contribution in [0, 0.1) is 5.92 Å². The summed E-state index contributed by atoms with van der Waals surface area (Å²) in [5, 5.41) is 10.4. The van der Waals surface area contributed by atoms with E-state index in [0.29, 0.717) is 18.9 Å². The van der Waals surface area contributed by atoms with E-state index in [9.17, 15) is 9.90 Å². The summed E-state index contributed by atoms with van der Waals surface area (Å²) in [6.07, 6.45) is 5.71. The van der Waals surface area contributed by atoms with E-state index >= 15 is 0 Å². The molecular formula is C12H21NO2S. The molecule has 1 saturated heterocycles. The summed E-state index contributed by atoms with van der Waals surface area (Å²) >= 11 is 4.24. The van der Waals surface area contributed by atoms with Gasteiger partial charge in [0.15, 0.2) is 0 Å². The van der Waals surface area contributed by atoms with Crippen molar-refractivity contribution >= 4 is 18.5 Å². The van der Waals surface area contributed by atoms with E-state index < -0.39 is 5.60 Å². The molecule has 92 valence electrons. The van der Waals surface area contributed by atoms with Crippen molar-refractivity contribution in [2.45, 2.75) is 44.1 Å². The van der Waals surface area contributed by atoms with E-state index in [-0.39, 0.29) is 5.91 Å². The fraction of sp³-hybridized carbons (Fsp3) is 0.917. The van der Waals surface area contributed by atoms with E-state index in [1.807, 2.05) is 4.90 Å². The Hall–Kier alpha value is -0.220. The topological polar surface area (TPSA) is 40.5 Å². The second-order valence-corrected chi connectivity index (χ2v) is 5.68. The summed E-state index contributed by atoms with van der Waals surface area (Å²) in [5.74, 6) is 1.33. The monoisotopic (exact) mass is 243 g/mol. The second-order valence-electron chi connectivity index (χ2n) is 5.31. The predicted octanol–water partition coefficient (Wildman–Crippen LogP) is 1.46. The van der Waals surface area contributed by atoms with Crippen LogP contribution in [0.4, 0.5) is 0 Å². The summed E-state index contributed by atoms with van der Waals surface area (Å²) in [6.45, 7) is 1.32. The van der Waals surface area contributed by atoms with Gasteiger partial charge in [-0.2, -0.15) is 12.6 Å². The van der Waals surface area contributed by atoms with Crippen LogP contribution in [0.2, 0.25) is 0 Å². The number of hydrogen-bond donors (Lipinski definition) is 2. The molecule has 0 spiro atoms. The van der Waals surface area contributed by atoms with Gasteiger partial charge in [-0.1, -0.05) is 19.3 Å². The zero-order valence-corrected chi connectivity index (χ0v) is 10.6. The quantitative estimate of drug-likeness (QED) is 0.737. The summed E-state index contributed by atoms with van der Waals surface area (Å²) in [5.41, 5.74) is -0.612. The molecule has 2 rings (SSSR count). The Balaban J connectivity index is 1.91. The number of carbonyl (C=O) groups excluding carboxylic acids is 1. The third kappa shape index (κ3) is 2.72. The molecule has 3 nitrogen and oxygen atoms in total. The lowest BCUT2D eigenvalue weighted by Crippen LogP contribution is -2.45. The zero-order valence-electron chi connectivity index (χ0n) is 9.69. The molecule has 0 bridgehead atoms. The third-order valence-corrected chi connectivity index (χ3v) is 4.34. The van der Waals surface area contributed by atoms with Gasteiger partial charge in [0.1, 0.15) is 0 Å². The highest BCUT2D eigenvalue weighted by Crippen LogP contribution is 2.30. The first-order chi connectivity index (χ1) is 7.63. The number of hydrogen-bond acceptors (Lipinski definition) is 3. The lowest BCUT2D eigenvalue weighted by molar-refractivity contribution is -0.131. The molecule has 1 unspecified atom stereocenters. The van der Waals surface area contributed by atoms with Crippen molar-refractivity contribution in [1.82, 2.24) is 4.90 Å². The van der Waals surface area contributed by atoms with Gasteiger partial charge in [-0.15, -0.1) is 0 Å². The second kappa shape index (κ2) is 4.96. The fourth-order valence-electron chi connectivity index (χ4n) is 2.85. The minimum atomic E-state index is -0.612. The van der Waals surface area contributed by atoms with Gasteiger partial charge in [0.2, 0.25) is 5.91 Å². The van der Waals surface area contributed by atoms with E-state index in [1.54, 1.807) is 0 Å². The maximum atomic E-state index is 11.7. The lowest BCUT2D eigenvalue weighted by Gasteiger charge is -2.35. The van der Waals surface area contributed by atoms with Crippen molar-refractivity contribution in [3.8, 4) is 0 Å². The fourth-order valence-corrected chi connectivity index (χ4v) is 3.10. The van der Waals surface area contributed by atoms with Crippen LogP contribution >= 0.6 is 12.6 Å². The molecule has 0 radical (unpaired) electrons. The van der Waals surface area contributed by atoms with Crippen molar-refractivity contribution in [3.63, 3.8) is 0 Å². The Bertz CT molecular complexity index is 264. The SMILES string of the molecule is O=C1CC(CS)CN1CC1(O)CCCCC1. The molecule has 0 aromatic carbocycles. The lowest BCUT2D eigenvalue weighted by atomic mass is 9.84. The minimum Gasteiger partial charge on any atom is -0.388 e. The summed E-state index contributed by atoms with van der Waals surface area (Å²) in [4.78, 5) is 13.6. The molecule has 4 heteroatoms. The van der Waals surface area contributed by atoms with E-state index in [4.69, 9.17) is 0 Å². The molecule has 1 N–H and O–H groups in total. The van der Waals surface area contributed by atoms with E-state index in [0.717, 1.165) is 38.0 Å². The Kier molecular flexibility index (Phi) is 3.80. The Morgan fingerprint density at radius 1 is 1.38 bits per heavy atom. The van der Waals surface area contributed by atoms with E-state index in [1.165, 1.54) is 6.42 Å². The van der Waals surface area contributed by atoms with Crippen LogP contribution in [0.5, 0.6) is 0 Å². The standard InChI is InChI=1S/C12H21NO2S/c14-11-6-10(8-16)7-13(11)9-12(15)4-2-1-3-5-12/h10,15-16H,1-9H2. The molecule has 0 aromatic rings. The van der Waals surface area contributed by atoms with E-state index in [2.05, 4.69) is 12.6 Å². The van der Waals surface area contributed by atoms with Crippen LogP contribution in [0.15, 0.2) is 0 Å². The van der Waals surface area contributed by atoms with Gasteiger partial charge in [0.05, 0.1) is 5.60 Å².